The minimum absolute atomic E-state index is 0.288. The summed E-state index contributed by atoms with van der Waals surface area (Å²) >= 11 is 0. The molecule has 0 radical (unpaired) electrons. The fourth-order valence-electron chi connectivity index (χ4n) is 3.60. The second kappa shape index (κ2) is 5.77. The van der Waals surface area contributed by atoms with Crippen LogP contribution in [0.4, 0.5) is 0 Å². The number of fused-ring (bicyclic) bond motifs is 2. The van der Waals surface area contributed by atoms with Crippen LogP contribution in [0.1, 0.15) is 24.4 Å². The Labute approximate surface area is 146 Å². The predicted molar refractivity (Wildman–Crippen MR) is 96.1 cm³/mol. The van der Waals surface area contributed by atoms with Gasteiger partial charge in [-0.2, -0.15) is 0 Å². The quantitative estimate of drug-likeness (QED) is 0.798. The van der Waals surface area contributed by atoms with Gasteiger partial charge in [0.25, 0.3) is 0 Å². The molecule has 5 heteroatoms. The summed E-state index contributed by atoms with van der Waals surface area (Å²) in [5, 5.41) is 5.59. The molecular formula is C20H20N4O. The molecule has 1 saturated carbocycles. The maximum absolute atomic E-state index is 12.1. The molecule has 0 unspecified atom stereocenters. The molecule has 0 atom stereocenters. The second-order valence-corrected chi connectivity index (χ2v) is 7.04. The van der Waals surface area contributed by atoms with Crippen molar-refractivity contribution >= 4 is 16.6 Å². The van der Waals surface area contributed by atoms with E-state index >= 15 is 0 Å². The van der Waals surface area contributed by atoms with Gasteiger partial charge in [-0.15, -0.1) is 0 Å². The highest BCUT2D eigenvalue weighted by molar-refractivity contribution is 5.89. The average Bonchev–Trinajstić information content (AvgIpc) is 3.41. The standard InChI is InChI=1S/C20H20N4O/c25-19(13-1-2-13)9-17-8-16-7-14(3-4-15(16)10-22-17)18-11-23-20-12-21-5-6-24(18)20/h3-4,7-8,10-11,13,21H,1-2,5-6,9,12H2. The van der Waals surface area contributed by atoms with Crippen LogP contribution in [0, 0.1) is 5.92 Å². The minimum Gasteiger partial charge on any atom is -0.326 e. The van der Waals surface area contributed by atoms with Crippen molar-refractivity contribution in [3.05, 3.63) is 48.2 Å². The summed E-state index contributed by atoms with van der Waals surface area (Å²) in [7, 11) is 0. The fraction of sp³-hybridized carbons (Fsp3) is 0.350. The van der Waals surface area contributed by atoms with E-state index in [1.807, 2.05) is 12.4 Å². The molecule has 0 saturated heterocycles. The average molecular weight is 332 g/mol. The summed E-state index contributed by atoms with van der Waals surface area (Å²) in [6, 6.07) is 8.49. The van der Waals surface area contributed by atoms with E-state index in [0.717, 1.165) is 60.5 Å². The van der Waals surface area contributed by atoms with E-state index in [0.29, 0.717) is 12.2 Å². The summed E-state index contributed by atoms with van der Waals surface area (Å²) < 4.78 is 2.29. The molecule has 0 spiro atoms. The molecule has 0 bridgehead atoms. The Balaban J connectivity index is 1.51. The molecule has 5 rings (SSSR count). The van der Waals surface area contributed by atoms with Gasteiger partial charge >= 0.3 is 0 Å². The van der Waals surface area contributed by atoms with E-state index in [2.05, 4.69) is 44.1 Å². The minimum atomic E-state index is 0.288. The van der Waals surface area contributed by atoms with Crippen LogP contribution in [0.15, 0.2) is 36.7 Å². The molecule has 3 aromatic rings. The van der Waals surface area contributed by atoms with E-state index in [4.69, 9.17) is 0 Å². The maximum Gasteiger partial charge on any atom is 0.141 e. The number of carbonyl (C=O) groups excluding carboxylic acids is 1. The summed E-state index contributed by atoms with van der Waals surface area (Å²) in [5.74, 6) is 1.71. The Morgan fingerprint density at radius 1 is 1.16 bits per heavy atom. The van der Waals surface area contributed by atoms with Crippen molar-refractivity contribution in [2.75, 3.05) is 6.54 Å². The zero-order valence-corrected chi connectivity index (χ0v) is 14.0. The highest BCUT2D eigenvalue weighted by Crippen LogP contribution is 2.31. The molecule has 1 aliphatic carbocycles. The fourth-order valence-corrected chi connectivity index (χ4v) is 3.60. The number of nitrogens with one attached hydrogen (secondary N) is 1. The third-order valence-corrected chi connectivity index (χ3v) is 5.20. The molecule has 2 aliphatic rings. The number of nitrogens with zero attached hydrogens (tertiary/aromatic N) is 3. The van der Waals surface area contributed by atoms with Gasteiger partial charge < -0.3 is 9.88 Å². The summed E-state index contributed by atoms with van der Waals surface area (Å²) in [5.41, 5.74) is 3.20. The van der Waals surface area contributed by atoms with Crippen LogP contribution in [0.5, 0.6) is 0 Å². The third kappa shape index (κ3) is 2.74. The number of aromatic nitrogens is 3. The van der Waals surface area contributed by atoms with Crippen LogP contribution in [0.3, 0.4) is 0 Å². The molecule has 126 valence electrons. The Hall–Kier alpha value is -2.53. The number of carbonyl (C=O) groups is 1. The van der Waals surface area contributed by atoms with Crippen molar-refractivity contribution in [1.29, 1.82) is 0 Å². The van der Waals surface area contributed by atoms with Gasteiger partial charge in [0, 0.05) is 48.3 Å². The zero-order chi connectivity index (χ0) is 16.8. The smallest absolute Gasteiger partial charge is 0.141 e. The summed E-state index contributed by atoms with van der Waals surface area (Å²) in [6.45, 7) is 2.74. The van der Waals surface area contributed by atoms with Crippen LogP contribution < -0.4 is 5.32 Å². The van der Waals surface area contributed by atoms with Crippen LogP contribution in [-0.2, 0) is 24.3 Å². The number of Topliss-reactive ketones (excluding diaryl/α,β-unsaturated/α-hetero) is 1. The maximum atomic E-state index is 12.1. The van der Waals surface area contributed by atoms with Gasteiger partial charge in [-0.3, -0.25) is 9.78 Å². The van der Waals surface area contributed by atoms with Gasteiger partial charge in [-0.25, -0.2) is 4.98 Å². The first-order valence-corrected chi connectivity index (χ1v) is 8.95. The number of imidazole rings is 1. The van der Waals surface area contributed by atoms with Gasteiger partial charge in [0.05, 0.1) is 18.4 Å². The first-order valence-electron chi connectivity index (χ1n) is 8.95. The number of hydrogen-bond donors (Lipinski definition) is 1. The molecule has 5 nitrogen and oxygen atoms in total. The van der Waals surface area contributed by atoms with Crippen LogP contribution in [0.25, 0.3) is 22.0 Å². The molecule has 2 aromatic heterocycles. The Kier molecular flexibility index (Phi) is 3.41. The zero-order valence-electron chi connectivity index (χ0n) is 14.0. The number of pyridine rings is 1. The van der Waals surface area contributed by atoms with Crippen LogP contribution in [0.2, 0.25) is 0 Å². The Morgan fingerprint density at radius 3 is 2.96 bits per heavy atom. The lowest BCUT2D eigenvalue weighted by molar-refractivity contribution is -0.119. The van der Waals surface area contributed by atoms with E-state index < -0.39 is 0 Å². The van der Waals surface area contributed by atoms with E-state index in [-0.39, 0.29) is 5.92 Å². The van der Waals surface area contributed by atoms with E-state index in [1.165, 1.54) is 5.56 Å². The monoisotopic (exact) mass is 332 g/mol. The van der Waals surface area contributed by atoms with Gasteiger partial charge in [0.2, 0.25) is 0 Å². The van der Waals surface area contributed by atoms with E-state index in [1.54, 1.807) is 0 Å². The lowest BCUT2D eigenvalue weighted by atomic mass is 10.0. The molecule has 0 amide bonds. The Morgan fingerprint density at radius 2 is 2.08 bits per heavy atom. The lowest BCUT2D eigenvalue weighted by Gasteiger charge is -2.17. The van der Waals surface area contributed by atoms with Crippen molar-refractivity contribution < 1.29 is 4.79 Å². The molecular weight excluding hydrogens is 312 g/mol. The second-order valence-electron chi connectivity index (χ2n) is 7.04. The van der Waals surface area contributed by atoms with Crippen LogP contribution >= 0.6 is 0 Å². The van der Waals surface area contributed by atoms with Crippen molar-refractivity contribution in [3.8, 4) is 11.3 Å². The molecule has 25 heavy (non-hydrogen) atoms. The number of rotatable bonds is 4. The van der Waals surface area contributed by atoms with Gasteiger partial charge in [-0.1, -0.05) is 12.1 Å². The van der Waals surface area contributed by atoms with Gasteiger partial charge in [0.15, 0.2) is 0 Å². The summed E-state index contributed by atoms with van der Waals surface area (Å²) in [4.78, 5) is 21.1. The molecule has 3 heterocycles. The molecule has 1 aliphatic heterocycles. The number of hydrogen-bond acceptors (Lipinski definition) is 4. The highest BCUT2D eigenvalue weighted by atomic mass is 16.1. The molecule has 1 fully saturated rings. The van der Waals surface area contributed by atoms with Gasteiger partial charge in [0.1, 0.15) is 11.6 Å². The van der Waals surface area contributed by atoms with Crippen LogP contribution in [-0.4, -0.2) is 26.9 Å². The first kappa shape index (κ1) is 14.8. The Bertz CT molecular complexity index is 971. The largest absolute Gasteiger partial charge is 0.326 e. The van der Waals surface area contributed by atoms with Crippen molar-refractivity contribution in [2.24, 2.45) is 5.92 Å². The van der Waals surface area contributed by atoms with E-state index in [9.17, 15) is 4.79 Å². The number of benzene rings is 1. The highest BCUT2D eigenvalue weighted by Gasteiger charge is 2.29. The van der Waals surface area contributed by atoms with Crippen molar-refractivity contribution in [2.45, 2.75) is 32.4 Å². The van der Waals surface area contributed by atoms with Gasteiger partial charge in [-0.05, 0) is 30.4 Å². The topological polar surface area (TPSA) is 59.8 Å². The van der Waals surface area contributed by atoms with Crippen molar-refractivity contribution in [1.82, 2.24) is 19.9 Å². The SMILES string of the molecule is O=C(Cc1cc2cc(-c3cnc4n3CCNC4)ccc2cn1)C1CC1. The summed E-state index contributed by atoms with van der Waals surface area (Å²) in [6.07, 6.45) is 6.40. The predicted octanol–water partition coefficient (Wildman–Crippen LogP) is 2.72. The first-order chi connectivity index (χ1) is 12.3. The molecule has 1 N–H and O–H groups in total. The lowest BCUT2D eigenvalue weighted by Crippen LogP contribution is -2.28. The number of ketones is 1. The third-order valence-electron chi connectivity index (χ3n) is 5.20. The molecule has 1 aromatic carbocycles. The van der Waals surface area contributed by atoms with Crippen molar-refractivity contribution in [3.63, 3.8) is 0 Å². The normalized spacial score (nSPS) is 16.8.